The molecule has 0 heterocycles. The summed E-state index contributed by atoms with van der Waals surface area (Å²) in [4.78, 5) is 11.2. The first-order valence-electron chi connectivity index (χ1n) is 5.69. The van der Waals surface area contributed by atoms with E-state index in [1.807, 2.05) is 30.3 Å². The minimum absolute atomic E-state index is 0.0624. The van der Waals surface area contributed by atoms with Gasteiger partial charge in [0, 0.05) is 0 Å². The van der Waals surface area contributed by atoms with Crippen LogP contribution in [0.3, 0.4) is 0 Å². The maximum atomic E-state index is 11.2. The summed E-state index contributed by atoms with van der Waals surface area (Å²) in [5, 5.41) is 9.20. The monoisotopic (exact) mass is 219 g/mol. The first-order valence-corrected chi connectivity index (χ1v) is 5.69. The number of aliphatic carboxylic acids is 1. The Morgan fingerprint density at radius 2 is 2.12 bits per heavy atom. The van der Waals surface area contributed by atoms with Crippen LogP contribution in [0.2, 0.25) is 0 Å². The summed E-state index contributed by atoms with van der Waals surface area (Å²) >= 11 is 0. The van der Waals surface area contributed by atoms with Crippen molar-refractivity contribution in [1.29, 1.82) is 0 Å². The molecule has 16 heavy (non-hydrogen) atoms. The van der Waals surface area contributed by atoms with Crippen LogP contribution in [0.4, 0.5) is 0 Å². The predicted molar refractivity (Wildman–Crippen MR) is 62.0 cm³/mol. The highest BCUT2D eigenvalue weighted by Crippen LogP contribution is 2.36. The van der Waals surface area contributed by atoms with Gasteiger partial charge in [-0.3, -0.25) is 4.79 Å². The summed E-state index contributed by atoms with van der Waals surface area (Å²) in [6.07, 6.45) is 3.20. The summed E-state index contributed by atoms with van der Waals surface area (Å²) < 4.78 is 0. The van der Waals surface area contributed by atoms with Crippen LogP contribution in [0.15, 0.2) is 30.3 Å². The Morgan fingerprint density at radius 3 is 2.75 bits per heavy atom. The largest absolute Gasteiger partial charge is 0.480 e. The molecule has 2 rings (SSSR count). The van der Waals surface area contributed by atoms with E-state index in [0.717, 1.165) is 19.3 Å². The third-order valence-electron chi connectivity index (χ3n) is 3.59. The first kappa shape index (κ1) is 11.1. The van der Waals surface area contributed by atoms with E-state index in [1.165, 1.54) is 5.56 Å². The summed E-state index contributed by atoms with van der Waals surface area (Å²) in [6, 6.07) is 9.97. The van der Waals surface area contributed by atoms with Crippen LogP contribution in [0, 0.1) is 5.92 Å². The van der Waals surface area contributed by atoms with Crippen molar-refractivity contribution in [2.75, 3.05) is 0 Å². The van der Waals surface area contributed by atoms with Crippen molar-refractivity contribution in [3.8, 4) is 0 Å². The zero-order valence-electron chi connectivity index (χ0n) is 9.23. The minimum Gasteiger partial charge on any atom is -0.480 e. The quantitative estimate of drug-likeness (QED) is 0.815. The van der Waals surface area contributed by atoms with Crippen molar-refractivity contribution in [3.63, 3.8) is 0 Å². The fourth-order valence-electron chi connectivity index (χ4n) is 2.57. The summed E-state index contributed by atoms with van der Waals surface area (Å²) in [7, 11) is 0. The zero-order valence-corrected chi connectivity index (χ0v) is 9.23. The van der Waals surface area contributed by atoms with E-state index in [0.29, 0.717) is 6.42 Å². The standard InChI is InChI=1S/C13H17NO2/c14-13(12(15)16)8-4-7-11(13)9-10-5-2-1-3-6-10/h1-3,5-6,11H,4,7-9,14H2,(H,15,16)/t11-,13+/m1/s1. The number of carboxylic acids is 1. The number of carboxylic acid groups (broad SMARTS) is 1. The number of carbonyl (C=O) groups is 1. The lowest BCUT2D eigenvalue weighted by Crippen LogP contribution is -2.51. The van der Waals surface area contributed by atoms with Crippen LogP contribution in [-0.4, -0.2) is 16.6 Å². The minimum atomic E-state index is -1.02. The van der Waals surface area contributed by atoms with E-state index in [9.17, 15) is 9.90 Å². The van der Waals surface area contributed by atoms with Gasteiger partial charge >= 0.3 is 5.97 Å². The third kappa shape index (κ3) is 1.95. The Bertz CT molecular complexity index is 377. The molecule has 86 valence electrons. The molecule has 0 aromatic heterocycles. The van der Waals surface area contributed by atoms with E-state index >= 15 is 0 Å². The molecule has 0 spiro atoms. The summed E-state index contributed by atoms with van der Waals surface area (Å²) in [5.41, 5.74) is 6.15. The molecule has 0 radical (unpaired) electrons. The van der Waals surface area contributed by atoms with Gasteiger partial charge in [0.05, 0.1) is 0 Å². The molecule has 1 aromatic carbocycles. The van der Waals surface area contributed by atoms with Crippen LogP contribution < -0.4 is 5.73 Å². The molecule has 0 bridgehead atoms. The SMILES string of the molecule is N[C@@]1(C(=O)O)CCC[C@@H]1Cc1ccccc1. The fourth-order valence-corrected chi connectivity index (χ4v) is 2.57. The highest BCUT2D eigenvalue weighted by Gasteiger charge is 2.45. The second-order valence-electron chi connectivity index (χ2n) is 4.62. The Hall–Kier alpha value is -1.35. The zero-order chi connectivity index (χ0) is 11.6. The molecule has 0 unspecified atom stereocenters. The average molecular weight is 219 g/mol. The second-order valence-corrected chi connectivity index (χ2v) is 4.62. The van der Waals surface area contributed by atoms with Crippen molar-refractivity contribution in [2.24, 2.45) is 11.7 Å². The molecule has 1 saturated carbocycles. The van der Waals surface area contributed by atoms with Crippen LogP contribution in [0.25, 0.3) is 0 Å². The lowest BCUT2D eigenvalue weighted by molar-refractivity contribution is -0.144. The van der Waals surface area contributed by atoms with Crippen molar-refractivity contribution in [3.05, 3.63) is 35.9 Å². The maximum absolute atomic E-state index is 11.2. The summed E-state index contributed by atoms with van der Waals surface area (Å²) in [5.74, 6) is -0.793. The Morgan fingerprint density at radius 1 is 1.44 bits per heavy atom. The fraction of sp³-hybridized carbons (Fsp3) is 0.462. The van der Waals surface area contributed by atoms with Gasteiger partial charge in [-0.2, -0.15) is 0 Å². The van der Waals surface area contributed by atoms with E-state index in [4.69, 9.17) is 5.73 Å². The topological polar surface area (TPSA) is 63.3 Å². The van der Waals surface area contributed by atoms with Crippen molar-refractivity contribution in [1.82, 2.24) is 0 Å². The lowest BCUT2D eigenvalue weighted by Gasteiger charge is -2.26. The number of rotatable bonds is 3. The molecule has 3 nitrogen and oxygen atoms in total. The van der Waals surface area contributed by atoms with Crippen LogP contribution in [-0.2, 0) is 11.2 Å². The van der Waals surface area contributed by atoms with E-state index < -0.39 is 11.5 Å². The molecule has 3 heteroatoms. The number of benzene rings is 1. The molecule has 1 aromatic rings. The van der Waals surface area contributed by atoms with Gasteiger partial charge in [0.1, 0.15) is 5.54 Å². The van der Waals surface area contributed by atoms with Gasteiger partial charge in [-0.1, -0.05) is 36.8 Å². The first-order chi connectivity index (χ1) is 7.63. The molecule has 1 aliphatic rings. The van der Waals surface area contributed by atoms with Crippen LogP contribution in [0.5, 0.6) is 0 Å². The lowest BCUT2D eigenvalue weighted by atomic mass is 9.83. The molecule has 1 aliphatic carbocycles. The van der Waals surface area contributed by atoms with Gasteiger partial charge in [-0.25, -0.2) is 0 Å². The van der Waals surface area contributed by atoms with Crippen LogP contribution in [0.1, 0.15) is 24.8 Å². The molecule has 1 fully saturated rings. The van der Waals surface area contributed by atoms with Crippen molar-refractivity contribution in [2.45, 2.75) is 31.2 Å². The Kier molecular flexibility index (Phi) is 2.97. The molecular weight excluding hydrogens is 202 g/mol. The molecule has 2 atom stereocenters. The van der Waals surface area contributed by atoms with Gasteiger partial charge in [0.2, 0.25) is 0 Å². The Balaban J connectivity index is 2.13. The van der Waals surface area contributed by atoms with Gasteiger partial charge in [-0.15, -0.1) is 0 Å². The number of nitrogens with two attached hydrogens (primary N) is 1. The Labute approximate surface area is 95.3 Å². The normalized spacial score (nSPS) is 29.2. The van der Waals surface area contributed by atoms with Gasteiger partial charge in [-0.05, 0) is 30.7 Å². The third-order valence-corrected chi connectivity index (χ3v) is 3.59. The molecule has 0 saturated heterocycles. The molecule has 0 aliphatic heterocycles. The molecule has 0 amide bonds. The predicted octanol–water partition coefficient (Wildman–Crippen LogP) is 1.81. The number of hydrogen-bond acceptors (Lipinski definition) is 2. The van der Waals surface area contributed by atoms with E-state index in [2.05, 4.69) is 0 Å². The second kappa shape index (κ2) is 4.26. The van der Waals surface area contributed by atoms with Crippen molar-refractivity contribution < 1.29 is 9.90 Å². The van der Waals surface area contributed by atoms with Gasteiger partial charge < -0.3 is 10.8 Å². The maximum Gasteiger partial charge on any atom is 0.323 e. The molecule has 3 N–H and O–H groups in total. The van der Waals surface area contributed by atoms with Crippen LogP contribution >= 0.6 is 0 Å². The summed E-state index contributed by atoms with van der Waals surface area (Å²) in [6.45, 7) is 0. The van der Waals surface area contributed by atoms with Gasteiger partial charge in [0.15, 0.2) is 0 Å². The highest BCUT2D eigenvalue weighted by molar-refractivity contribution is 5.79. The highest BCUT2D eigenvalue weighted by atomic mass is 16.4. The average Bonchev–Trinajstić information content (AvgIpc) is 2.63. The smallest absolute Gasteiger partial charge is 0.323 e. The van der Waals surface area contributed by atoms with E-state index in [-0.39, 0.29) is 5.92 Å². The number of hydrogen-bond donors (Lipinski definition) is 2. The van der Waals surface area contributed by atoms with Gasteiger partial charge in [0.25, 0.3) is 0 Å². The van der Waals surface area contributed by atoms with E-state index in [1.54, 1.807) is 0 Å². The van der Waals surface area contributed by atoms with Crippen molar-refractivity contribution >= 4 is 5.97 Å². The molecular formula is C13H17NO2.